The number of halogens is 2. The first-order chi connectivity index (χ1) is 9.56. The molecule has 0 atom stereocenters. The van der Waals surface area contributed by atoms with Crippen molar-refractivity contribution in [1.82, 2.24) is 0 Å². The predicted molar refractivity (Wildman–Crippen MR) is 81.9 cm³/mol. The molecule has 0 aromatic heterocycles. The summed E-state index contributed by atoms with van der Waals surface area (Å²) in [6.45, 7) is 3.62. The monoisotopic (exact) mass is 306 g/mol. The molecular weight excluding hydrogens is 295 g/mol. The lowest BCUT2D eigenvalue weighted by Crippen LogP contribution is -2.06. The Morgan fingerprint density at radius 3 is 2.50 bits per heavy atom. The van der Waals surface area contributed by atoms with Crippen molar-refractivity contribution in [3.8, 4) is 5.75 Å². The highest BCUT2D eigenvalue weighted by Gasteiger charge is 2.20. The van der Waals surface area contributed by atoms with Gasteiger partial charge in [0.15, 0.2) is 5.78 Å². The fourth-order valence-corrected chi connectivity index (χ4v) is 2.32. The fraction of sp³-hybridized carbons (Fsp3) is 0.0625. The molecular formula is C16H12Cl2O2. The van der Waals surface area contributed by atoms with E-state index in [0.717, 1.165) is 0 Å². The van der Waals surface area contributed by atoms with Crippen molar-refractivity contribution in [2.24, 2.45) is 0 Å². The third-order valence-electron chi connectivity index (χ3n) is 2.93. The second-order valence-electron chi connectivity index (χ2n) is 4.24. The van der Waals surface area contributed by atoms with Gasteiger partial charge in [0.2, 0.25) is 0 Å². The molecule has 102 valence electrons. The average molecular weight is 307 g/mol. The van der Waals surface area contributed by atoms with Crippen LogP contribution in [0.1, 0.15) is 21.5 Å². The Labute approximate surface area is 127 Å². The molecule has 4 heteroatoms. The maximum absolute atomic E-state index is 12.5. The molecule has 0 aliphatic heterocycles. The number of phenols is 1. The first-order valence-corrected chi connectivity index (χ1v) is 6.72. The van der Waals surface area contributed by atoms with Gasteiger partial charge >= 0.3 is 0 Å². The van der Waals surface area contributed by atoms with Crippen molar-refractivity contribution < 1.29 is 9.90 Å². The minimum Gasteiger partial charge on any atom is -0.506 e. The standard InChI is InChI=1S/C16H12Cl2O2/c1-2-6-11-12(9-13(17)14(18)16(11)20)15(19)10-7-4-3-5-8-10/h2-5,7-9,20H,1,6H2. The van der Waals surface area contributed by atoms with E-state index in [4.69, 9.17) is 23.2 Å². The number of carbonyl (C=O) groups is 1. The minimum atomic E-state index is -0.212. The van der Waals surface area contributed by atoms with Crippen LogP contribution in [0.5, 0.6) is 5.75 Å². The largest absolute Gasteiger partial charge is 0.506 e. The van der Waals surface area contributed by atoms with Crippen LogP contribution in [0.3, 0.4) is 0 Å². The summed E-state index contributed by atoms with van der Waals surface area (Å²) in [5.41, 5.74) is 1.29. The molecule has 1 N–H and O–H groups in total. The van der Waals surface area contributed by atoms with Gasteiger partial charge in [0.25, 0.3) is 0 Å². The molecule has 2 aromatic rings. The average Bonchev–Trinajstić information content (AvgIpc) is 2.48. The van der Waals surface area contributed by atoms with Gasteiger partial charge in [-0.3, -0.25) is 4.79 Å². The van der Waals surface area contributed by atoms with E-state index in [0.29, 0.717) is 23.1 Å². The van der Waals surface area contributed by atoms with Crippen molar-refractivity contribution >= 4 is 29.0 Å². The van der Waals surface area contributed by atoms with E-state index in [1.54, 1.807) is 30.3 Å². The normalized spacial score (nSPS) is 10.3. The number of phenolic OH excluding ortho intramolecular Hbond substituents is 1. The zero-order valence-corrected chi connectivity index (χ0v) is 12.1. The molecule has 0 amide bonds. The Morgan fingerprint density at radius 1 is 1.25 bits per heavy atom. The molecule has 0 spiro atoms. The Bertz CT molecular complexity index is 664. The fourth-order valence-electron chi connectivity index (χ4n) is 1.95. The van der Waals surface area contributed by atoms with E-state index >= 15 is 0 Å². The summed E-state index contributed by atoms with van der Waals surface area (Å²) in [5.74, 6) is -0.380. The van der Waals surface area contributed by atoms with Crippen LogP contribution in [-0.4, -0.2) is 10.9 Å². The molecule has 2 aromatic carbocycles. The van der Waals surface area contributed by atoms with Crippen molar-refractivity contribution in [2.45, 2.75) is 6.42 Å². The molecule has 0 saturated heterocycles. The molecule has 0 unspecified atom stereocenters. The highest BCUT2D eigenvalue weighted by atomic mass is 35.5. The van der Waals surface area contributed by atoms with Crippen molar-refractivity contribution in [2.75, 3.05) is 0 Å². The van der Waals surface area contributed by atoms with E-state index in [-0.39, 0.29) is 21.6 Å². The summed E-state index contributed by atoms with van der Waals surface area (Å²) >= 11 is 11.9. The van der Waals surface area contributed by atoms with Crippen LogP contribution in [0.4, 0.5) is 0 Å². The highest BCUT2D eigenvalue weighted by Crippen LogP contribution is 2.37. The topological polar surface area (TPSA) is 37.3 Å². The Morgan fingerprint density at radius 2 is 1.90 bits per heavy atom. The lowest BCUT2D eigenvalue weighted by molar-refractivity contribution is 0.103. The van der Waals surface area contributed by atoms with Gasteiger partial charge in [-0.25, -0.2) is 0 Å². The van der Waals surface area contributed by atoms with Gasteiger partial charge in [-0.2, -0.15) is 0 Å². The summed E-state index contributed by atoms with van der Waals surface area (Å²) in [6, 6.07) is 10.3. The lowest BCUT2D eigenvalue weighted by atomic mass is 9.96. The number of carbonyl (C=O) groups excluding carboxylic acids is 1. The van der Waals surface area contributed by atoms with Crippen LogP contribution in [0.25, 0.3) is 0 Å². The van der Waals surface area contributed by atoms with E-state index in [1.165, 1.54) is 6.07 Å². The minimum absolute atomic E-state index is 0.0492. The van der Waals surface area contributed by atoms with Crippen LogP contribution < -0.4 is 0 Å². The molecule has 0 aliphatic carbocycles. The molecule has 0 aliphatic rings. The number of benzene rings is 2. The maximum atomic E-state index is 12.5. The second-order valence-corrected chi connectivity index (χ2v) is 5.02. The number of ketones is 1. The van der Waals surface area contributed by atoms with Crippen LogP contribution in [0.15, 0.2) is 49.1 Å². The van der Waals surface area contributed by atoms with Crippen molar-refractivity contribution in [3.63, 3.8) is 0 Å². The number of rotatable bonds is 4. The van der Waals surface area contributed by atoms with Gasteiger partial charge in [-0.1, -0.05) is 59.6 Å². The van der Waals surface area contributed by atoms with Crippen molar-refractivity contribution in [3.05, 3.63) is 75.8 Å². The molecule has 2 nitrogen and oxygen atoms in total. The zero-order chi connectivity index (χ0) is 14.7. The lowest BCUT2D eigenvalue weighted by Gasteiger charge is -2.12. The summed E-state index contributed by atoms with van der Waals surface area (Å²) in [5, 5.41) is 10.3. The number of hydrogen-bond donors (Lipinski definition) is 1. The molecule has 0 saturated carbocycles. The maximum Gasteiger partial charge on any atom is 0.193 e. The van der Waals surface area contributed by atoms with Gasteiger partial charge in [-0.05, 0) is 12.5 Å². The van der Waals surface area contributed by atoms with Gasteiger partial charge in [0.1, 0.15) is 10.8 Å². The highest BCUT2D eigenvalue weighted by molar-refractivity contribution is 6.43. The third-order valence-corrected chi connectivity index (χ3v) is 3.71. The Balaban J connectivity index is 2.61. The van der Waals surface area contributed by atoms with E-state index < -0.39 is 0 Å². The molecule has 2 rings (SSSR count). The van der Waals surface area contributed by atoms with Gasteiger partial charge in [-0.15, -0.1) is 6.58 Å². The third kappa shape index (κ3) is 2.72. The van der Waals surface area contributed by atoms with Crippen LogP contribution >= 0.6 is 23.2 Å². The van der Waals surface area contributed by atoms with E-state index in [2.05, 4.69) is 6.58 Å². The van der Waals surface area contributed by atoms with Crippen LogP contribution in [0.2, 0.25) is 10.0 Å². The first kappa shape index (κ1) is 14.6. The molecule has 0 heterocycles. The van der Waals surface area contributed by atoms with Gasteiger partial charge < -0.3 is 5.11 Å². The molecule has 0 radical (unpaired) electrons. The Hall–Kier alpha value is -1.77. The van der Waals surface area contributed by atoms with Gasteiger partial charge in [0.05, 0.1) is 5.02 Å². The number of hydrogen-bond acceptors (Lipinski definition) is 2. The quantitative estimate of drug-likeness (QED) is 0.659. The molecule has 0 bridgehead atoms. The van der Waals surface area contributed by atoms with Gasteiger partial charge in [0, 0.05) is 16.7 Å². The summed E-state index contributed by atoms with van der Waals surface area (Å²) in [4.78, 5) is 12.5. The number of aromatic hydroxyl groups is 1. The molecule has 0 fully saturated rings. The van der Waals surface area contributed by atoms with Crippen molar-refractivity contribution in [1.29, 1.82) is 0 Å². The van der Waals surface area contributed by atoms with E-state index in [9.17, 15) is 9.90 Å². The first-order valence-electron chi connectivity index (χ1n) is 5.96. The Kier molecular flexibility index (Phi) is 4.48. The zero-order valence-electron chi connectivity index (χ0n) is 10.6. The van der Waals surface area contributed by atoms with Crippen LogP contribution in [0, 0.1) is 0 Å². The summed E-state index contributed by atoms with van der Waals surface area (Å²) in [6.07, 6.45) is 1.93. The predicted octanol–water partition coefficient (Wildman–Crippen LogP) is 4.66. The number of allylic oxidation sites excluding steroid dienone is 1. The van der Waals surface area contributed by atoms with E-state index in [1.807, 2.05) is 6.07 Å². The summed E-state index contributed by atoms with van der Waals surface area (Å²) < 4.78 is 0. The molecule has 20 heavy (non-hydrogen) atoms. The smallest absolute Gasteiger partial charge is 0.193 e. The van der Waals surface area contributed by atoms with Crippen LogP contribution in [-0.2, 0) is 6.42 Å². The second kappa shape index (κ2) is 6.12. The SMILES string of the molecule is C=CCc1c(C(=O)c2ccccc2)cc(Cl)c(Cl)c1O. The summed E-state index contributed by atoms with van der Waals surface area (Å²) in [7, 11) is 0.